The number of nitrogens with zero attached hydrogens (tertiary/aromatic N) is 2. The molecule has 1 atom stereocenters. The minimum absolute atomic E-state index is 0.0291. The van der Waals surface area contributed by atoms with Crippen LogP contribution in [0.5, 0.6) is 0 Å². The molecule has 2 heterocycles. The third-order valence-electron chi connectivity index (χ3n) is 4.15. The zero-order valence-corrected chi connectivity index (χ0v) is 15.7. The van der Waals surface area contributed by atoms with Crippen LogP contribution in [0, 0.1) is 0 Å². The van der Waals surface area contributed by atoms with Crippen molar-refractivity contribution in [2.45, 2.75) is 5.75 Å². The zero-order valence-electron chi connectivity index (χ0n) is 14.1. The van der Waals surface area contributed by atoms with Gasteiger partial charge in [0.1, 0.15) is 5.75 Å². The third-order valence-corrected chi connectivity index (χ3v) is 5.61. The molecule has 0 aliphatic carbocycles. The first-order valence-corrected chi connectivity index (χ1v) is 10.1. The highest BCUT2D eigenvalue weighted by molar-refractivity contribution is 7.84. The van der Waals surface area contributed by atoms with E-state index in [0.29, 0.717) is 42.7 Å². The molecule has 2 amide bonds. The van der Waals surface area contributed by atoms with E-state index in [1.54, 1.807) is 40.1 Å². The number of rotatable bonds is 5. The lowest BCUT2D eigenvalue weighted by atomic mass is 10.2. The first-order valence-electron chi connectivity index (χ1n) is 8.23. The van der Waals surface area contributed by atoms with Gasteiger partial charge in [-0.1, -0.05) is 23.7 Å². The van der Waals surface area contributed by atoms with Gasteiger partial charge < -0.3 is 14.2 Å². The van der Waals surface area contributed by atoms with E-state index < -0.39 is 10.8 Å². The van der Waals surface area contributed by atoms with Gasteiger partial charge in [0.05, 0.1) is 6.26 Å². The molecule has 0 unspecified atom stereocenters. The predicted molar refractivity (Wildman–Crippen MR) is 99.4 cm³/mol. The number of amides is 2. The Morgan fingerprint density at radius 1 is 1.08 bits per heavy atom. The van der Waals surface area contributed by atoms with Gasteiger partial charge in [-0.2, -0.15) is 0 Å². The van der Waals surface area contributed by atoms with Crippen molar-refractivity contribution in [2.24, 2.45) is 0 Å². The van der Waals surface area contributed by atoms with Crippen molar-refractivity contribution in [3.05, 3.63) is 59.0 Å². The molecule has 8 heteroatoms. The molecule has 138 valence electrons. The first-order chi connectivity index (χ1) is 12.5. The second-order valence-electron chi connectivity index (χ2n) is 6.01. The summed E-state index contributed by atoms with van der Waals surface area (Å²) in [5.74, 6) is 0.233. The molecule has 1 aromatic carbocycles. The summed E-state index contributed by atoms with van der Waals surface area (Å²) in [4.78, 5) is 27.9. The summed E-state index contributed by atoms with van der Waals surface area (Å²) in [5.41, 5.74) is 0.845. The van der Waals surface area contributed by atoms with Gasteiger partial charge in [0, 0.05) is 47.8 Å². The molecule has 0 saturated carbocycles. The number of hydrogen-bond acceptors (Lipinski definition) is 4. The Labute approximate surface area is 159 Å². The summed E-state index contributed by atoms with van der Waals surface area (Å²) in [5, 5.41) is 0.586. The number of halogens is 1. The molecule has 1 aliphatic heterocycles. The van der Waals surface area contributed by atoms with E-state index in [2.05, 4.69) is 0 Å². The SMILES string of the molecule is O=C(C[S@@](=O)Cc1cccc(Cl)c1)N1CCN(C(=O)c2ccco2)CC1. The lowest BCUT2D eigenvalue weighted by Gasteiger charge is -2.34. The zero-order chi connectivity index (χ0) is 18.5. The summed E-state index contributed by atoms with van der Waals surface area (Å²) in [6, 6.07) is 10.4. The maximum Gasteiger partial charge on any atom is 0.289 e. The van der Waals surface area contributed by atoms with Crippen molar-refractivity contribution in [2.75, 3.05) is 31.9 Å². The minimum Gasteiger partial charge on any atom is -0.459 e. The van der Waals surface area contributed by atoms with Gasteiger partial charge in [-0.15, -0.1) is 0 Å². The molecule has 1 aliphatic rings. The molecule has 1 saturated heterocycles. The fourth-order valence-corrected chi connectivity index (χ4v) is 4.13. The van der Waals surface area contributed by atoms with Gasteiger partial charge in [-0.3, -0.25) is 13.8 Å². The molecule has 0 radical (unpaired) electrons. The van der Waals surface area contributed by atoms with Crippen LogP contribution in [-0.4, -0.2) is 57.8 Å². The topological polar surface area (TPSA) is 70.8 Å². The monoisotopic (exact) mass is 394 g/mol. The lowest BCUT2D eigenvalue weighted by Crippen LogP contribution is -2.51. The number of furan rings is 1. The van der Waals surface area contributed by atoms with Crippen molar-refractivity contribution in [1.29, 1.82) is 0 Å². The Morgan fingerprint density at radius 3 is 2.46 bits per heavy atom. The van der Waals surface area contributed by atoms with Crippen molar-refractivity contribution in [3.63, 3.8) is 0 Å². The molecule has 0 spiro atoms. The van der Waals surface area contributed by atoms with E-state index in [9.17, 15) is 13.8 Å². The van der Waals surface area contributed by atoms with Crippen LogP contribution in [0.15, 0.2) is 47.1 Å². The first kappa shape index (κ1) is 18.7. The number of piperazine rings is 1. The number of benzene rings is 1. The van der Waals surface area contributed by atoms with E-state index in [1.807, 2.05) is 6.07 Å². The van der Waals surface area contributed by atoms with Crippen molar-refractivity contribution >= 4 is 34.2 Å². The fourth-order valence-electron chi connectivity index (χ4n) is 2.81. The Balaban J connectivity index is 1.47. The Hall–Kier alpha value is -2.12. The highest BCUT2D eigenvalue weighted by Gasteiger charge is 2.26. The molecular weight excluding hydrogens is 376 g/mol. The summed E-state index contributed by atoms with van der Waals surface area (Å²) in [7, 11) is -1.30. The maximum absolute atomic E-state index is 12.4. The third kappa shape index (κ3) is 4.74. The fraction of sp³-hybridized carbons (Fsp3) is 0.333. The summed E-state index contributed by atoms with van der Waals surface area (Å²) in [6.07, 6.45) is 1.46. The molecule has 0 bridgehead atoms. The number of carbonyl (C=O) groups excluding carboxylic acids is 2. The molecule has 1 aromatic heterocycles. The number of hydrogen-bond donors (Lipinski definition) is 0. The molecule has 2 aromatic rings. The highest BCUT2D eigenvalue weighted by Crippen LogP contribution is 2.13. The molecule has 26 heavy (non-hydrogen) atoms. The van der Waals surface area contributed by atoms with Crippen LogP contribution in [0.4, 0.5) is 0 Å². The number of carbonyl (C=O) groups is 2. The van der Waals surface area contributed by atoms with Crippen LogP contribution in [0.2, 0.25) is 5.02 Å². The largest absolute Gasteiger partial charge is 0.459 e. The van der Waals surface area contributed by atoms with Gasteiger partial charge in [-0.05, 0) is 29.8 Å². The van der Waals surface area contributed by atoms with Gasteiger partial charge >= 0.3 is 0 Å². The van der Waals surface area contributed by atoms with Crippen LogP contribution in [0.3, 0.4) is 0 Å². The van der Waals surface area contributed by atoms with Crippen LogP contribution in [-0.2, 0) is 21.3 Å². The molecule has 3 rings (SSSR count). The quantitative estimate of drug-likeness (QED) is 0.779. The van der Waals surface area contributed by atoms with E-state index >= 15 is 0 Å². The minimum atomic E-state index is -1.30. The van der Waals surface area contributed by atoms with Gasteiger partial charge in [0.2, 0.25) is 5.91 Å². The Bertz CT molecular complexity index is 801. The van der Waals surface area contributed by atoms with E-state index in [0.717, 1.165) is 5.56 Å². The van der Waals surface area contributed by atoms with Gasteiger partial charge in [0.15, 0.2) is 5.76 Å². The highest BCUT2D eigenvalue weighted by atomic mass is 35.5. The van der Waals surface area contributed by atoms with Crippen LogP contribution < -0.4 is 0 Å². The van der Waals surface area contributed by atoms with E-state index in [-0.39, 0.29) is 17.6 Å². The predicted octanol–water partition coefficient (Wildman–Crippen LogP) is 2.17. The van der Waals surface area contributed by atoms with Crippen molar-refractivity contribution in [1.82, 2.24) is 9.80 Å². The summed E-state index contributed by atoms with van der Waals surface area (Å²) >= 11 is 5.92. The van der Waals surface area contributed by atoms with Gasteiger partial charge in [0.25, 0.3) is 5.91 Å². The normalized spacial score (nSPS) is 15.7. The smallest absolute Gasteiger partial charge is 0.289 e. The van der Waals surface area contributed by atoms with E-state index in [4.69, 9.17) is 16.0 Å². The molecule has 0 N–H and O–H groups in total. The van der Waals surface area contributed by atoms with Crippen molar-refractivity contribution < 1.29 is 18.2 Å². The average molecular weight is 395 g/mol. The molecular formula is C18H19ClN2O4S. The van der Waals surface area contributed by atoms with Crippen LogP contribution >= 0.6 is 11.6 Å². The lowest BCUT2D eigenvalue weighted by molar-refractivity contribution is -0.129. The average Bonchev–Trinajstić information content (AvgIpc) is 3.15. The summed E-state index contributed by atoms with van der Waals surface area (Å²) < 4.78 is 17.4. The maximum atomic E-state index is 12.4. The molecule has 6 nitrogen and oxygen atoms in total. The summed E-state index contributed by atoms with van der Waals surface area (Å²) in [6.45, 7) is 1.73. The standard InChI is InChI=1S/C18H19ClN2O4S/c19-15-4-1-3-14(11-15)12-26(24)13-17(22)20-6-8-21(9-7-20)18(23)16-5-2-10-25-16/h1-5,10-11H,6-9,12-13H2/t26-/m0/s1. The second-order valence-corrected chi connectivity index (χ2v) is 7.90. The Kier molecular flexibility index (Phi) is 6.11. The van der Waals surface area contributed by atoms with Gasteiger partial charge in [-0.25, -0.2) is 0 Å². The van der Waals surface area contributed by atoms with Crippen LogP contribution in [0.25, 0.3) is 0 Å². The molecule has 1 fully saturated rings. The second kappa shape index (κ2) is 8.51. The van der Waals surface area contributed by atoms with Crippen molar-refractivity contribution in [3.8, 4) is 0 Å². The Morgan fingerprint density at radius 2 is 1.81 bits per heavy atom. The van der Waals surface area contributed by atoms with Crippen LogP contribution in [0.1, 0.15) is 16.1 Å². The van der Waals surface area contributed by atoms with E-state index in [1.165, 1.54) is 6.26 Å².